The van der Waals surface area contributed by atoms with Crippen molar-refractivity contribution in [1.29, 1.82) is 0 Å². The molecule has 0 aliphatic carbocycles. The molecule has 1 aromatic carbocycles. The van der Waals surface area contributed by atoms with E-state index in [-0.39, 0.29) is 5.82 Å². The van der Waals surface area contributed by atoms with Crippen LogP contribution < -0.4 is 5.32 Å². The number of halogens is 1. The Morgan fingerprint density at radius 3 is 3.12 bits per heavy atom. The maximum absolute atomic E-state index is 13.0. The molecule has 3 heteroatoms. The smallest absolute Gasteiger partial charge is 0.123 e. The van der Waals surface area contributed by atoms with E-state index in [1.165, 1.54) is 31.9 Å². The van der Waals surface area contributed by atoms with E-state index in [2.05, 4.69) is 5.32 Å². The first-order chi connectivity index (χ1) is 8.34. The predicted molar refractivity (Wildman–Crippen MR) is 73.1 cm³/mol. The molecule has 0 radical (unpaired) electrons. The van der Waals surface area contributed by atoms with E-state index in [9.17, 15) is 4.39 Å². The third-order valence-electron chi connectivity index (χ3n) is 3.16. The van der Waals surface area contributed by atoms with Crippen molar-refractivity contribution in [3.63, 3.8) is 0 Å². The largest absolute Gasteiger partial charge is 0.317 e. The van der Waals surface area contributed by atoms with Crippen molar-refractivity contribution in [2.75, 3.05) is 18.8 Å². The highest BCUT2D eigenvalue weighted by molar-refractivity contribution is 7.99. The third-order valence-corrected chi connectivity index (χ3v) is 4.54. The maximum Gasteiger partial charge on any atom is 0.123 e. The topological polar surface area (TPSA) is 12.0 Å². The molecule has 0 bridgehead atoms. The van der Waals surface area contributed by atoms with Gasteiger partial charge in [0.05, 0.1) is 0 Å². The summed E-state index contributed by atoms with van der Waals surface area (Å²) in [5.41, 5.74) is 1.12. The average Bonchev–Trinajstić information content (AvgIpc) is 2.58. The fraction of sp³-hybridized carbons (Fsp3) is 0.571. The molecular weight excluding hydrogens is 233 g/mol. The summed E-state index contributed by atoms with van der Waals surface area (Å²) in [4.78, 5) is 0. The van der Waals surface area contributed by atoms with Crippen LogP contribution in [0, 0.1) is 5.82 Å². The highest BCUT2D eigenvalue weighted by atomic mass is 32.2. The number of hydrogen-bond donors (Lipinski definition) is 1. The normalized spacial score (nSPS) is 21.1. The number of thioether (sulfide) groups is 1. The summed E-state index contributed by atoms with van der Waals surface area (Å²) >= 11 is 2.05. The van der Waals surface area contributed by atoms with Crippen LogP contribution in [0.5, 0.6) is 0 Å². The van der Waals surface area contributed by atoms with E-state index in [0.29, 0.717) is 0 Å². The van der Waals surface area contributed by atoms with E-state index < -0.39 is 0 Å². The molecule has 1 atom stereocenters. The monoisotopic (exact) mass is 253 g/mol. The van der Waals surface area contributed by atoms with Gasteiger partial charge in [0, 0.05) is 5.25 Å². The van der Waals surface area contributed by atoms with Crippen molar-refractivity contribution in [2.24, 2.45) is 0 Å². The second kappa shape index (κ2) is 7.02. The molecule has 1 fully saturated rings. The molecule has 1 aliphatic heterocycles. The summed E-state index contributed by atoms with van der Waals surface area (Å²) in [5.74, 6) is 0.986. The van der Waals surface area contributed by atoms with Gasteiger partial charge in [-0.3, -0.25) is 0 Å². The molecule has 2 rings (SSSR count). The van der Waals surface area contributed by atoms with Gasteiger partial charge in [0.15, 0.2) is 0 Å². The lowest BCUT2D eigenvalue weighted by Gasteiger charge is -2.12. The standard InChI is InChI=1S/C14H20FNS/c15-13-4-1-3-12(11-13)7-10-17-14-5-2-8-16-9-6-14/h1,3-4,11,14,16H,2,5-10H2. The van der Waals surface area contributed by atoms with Crippen LogP contribution in [0.1, 0.15) is 24.8 Å². The molecular formula is C14H20FNS. The lowest BCUT2D eigenvalue weighted by atomic mass is 10.2. The van der Waals surface area contributed by atoms with Crippen LogP contribution in [0.3, 0.4) is 0 Å². The Morgan fingerprint density at radius 2 is 2.24 bits per heavy atom. The van der Waals surface area contributed by atoms with Gasteiger partial charge < -0.3 is 5.32 Å². The molecule has 17 heavy (non-hydrogen) atoms. The predicted octanol–water partition coefficient (Wildman–Crippen LogP) is 3.24. The minimum Gasteiger partial charge on any atom is -0.317 e. The summed E-state index contributed by atoms with van der Waals surface area (Å²) < 4.78 is 13.0. The van der Waals surface area contributed by atoms with Crippen LogP contribution in [0.2, 0.25) is 0 Å². The summed E-state index contributed by atoms with van der Waals surface area (Å²) in [7, 11) is 0. The Kier molecular flexibility index (Phi) is 5.33. The minimum absolute atomic E-state index is 0.119. The zero-order valence-corrected chi connectivity index (χ0v) is 10.9. The lowest BCUT2D eigenvalue weighted by molar-refractivity contribution is 0.626. The van der Waals surface area contributed by atoms with Crippen molar-refractivity contribution < 1.29 is 4.39 Å². The fourth-order valence-corrected chi connectivity index (χ4v) is 3.49. The Balaban J connectivity index is 1.71. The molecule has 1 aromatic rings. The second-order valence-electron chi connectivity index (χ2n) is 4.55. The van der Waals surface area contributed by atoms with Crippen LogP contribution in [0.25, 0.3) is 0 Å². The number of benzene rings is 1. The average molecular weight is 253 g/mol. The summed E-state index contributed by atoms with van der Waals surface area (Å²) in [6, 6.07) is 6.96. The van der Waals surface area contributed by atoms with Gasteiger partial charge in [0.2, 0.25) is 0 Å². The van der Waals surface area contributed by atoms with Crippen LogP contribution in [-0.4, -0.2) is 24.1 Å². The molecule has 94 valence electrons. The van der Waals surface area contributed by atoms with Gasteiger partial charge in [-0.2, -0.15) is 11.8 Å². The number of nitrogens with one attached hydrogen (secondary N) is 1. The zero-order chi connectivity index (χ0) is 11.9. The third kappa shape index (κ3) is 4.68. The SMILES string of the molecule is Fc1cccc(CCSC2CCCNCC2)c1. The van der Waals surface area contributed by atoms with Crippen LogP contribution in [0.15, 0.2) is 24.3 Å². The van der Waals surface area contributed by atoms with Crippen molar-refractivity contribution in [3.8, 4) is 0 Å². The summed E-state index contributed by atoms with van der Waals surface area (Å²) in [6.07, 6.45) is 4.86. The van der Waals surface area contributed by atoms with Gasteiger partial charge >= 0.3 is 0 Å². The number of hydrogen-bond acceptors (Lipinski definition) is 2. The highest BCUT2D eigenvalue weighted by Gasteiger charge is 2.11. The first-order valence-corrected chi connectivity index (χ1v) is 7.46. The molecule has 1 aliphatic rings. The Hall–Kier alpha value is -0.540. The Morgan fingerprint density at radius 1 is 1.29 bits per heavy atom. The lowest BCUT2D eigenvalue weighted by Crippen LogP contribution is -2.14. The molecule has 1 heterocycles. The molecule has 1 nitrogen and oxygen atoms in total. The Labute approximate surface area is 107 Å². The summed E-state index contributed by atoms with van der Waals surface area (Å²) in [5, 5.41) is 4.22. The van der Waals surface area contributed by atoms with Gasteiger partial charge in [-0.25, -0.2) is 4.39 Å². The van der Waals surface area contributed by atoms with Crippen LogP contribution >= 0.6 is 11.8 Å². The number of aryl methyl sites for hydroxylation is 1. The molecule has 1 N–H and O–H groups in total. The van der Waals surface area contributed by atoms with E-state index in [1.54, 1.807) is 12.1 Å². The van der Waals surface area contributed by atoms with E-state index >= 15 is 0 Å². The highest BCUT2D eigenvalue weighted by Crippen LogP contribution is 2.22. The van der Waals surface area contributed by atoms with Gasteiger partial charge in [0.1, 0.15) is 5.82 Å². The molecule has 0 saturated carbocycles. The van der Waals surface area contributed by atoms with E-state index in [1.807, 2.05) is 17.8 Å². The quantitative estimate of drug-likeness (QED) is 0.884. The fourth-order valence-electron chi connectivity index (χ4n) is 2.19. The second-order valence-corrected chi connectivity index (χ2v) is 5.96. The zero-order valence-electron chi connectivity index (χ0n) is 10.1. The van der Waals surface area contributed by atoms with Crippen LogP contribution in [0.4, 0.5) is 4.39 Å². The van der Waals surface area contributed by atoms with E-state index in [4.69, 9.17) is 0 Å². The number of rotatable bonds is 4. The molecule has 1 unspecified atom stereocenters. The van der Waals surface area contributed by atoms with Crippen molar-refractivity contribution >= 4 is 11.8 Å². The minimum atomic E-state index is -0.119. The molecule has 0 spiro atoms. The maximum atomic E-state index is 13.0. The van der Waals surface area contributed by atoms with Gasteiger partial charge in [0.25, 0.3) is 0 Å². The molecule has 0 aromatic heterocycles. The first kappa shape index (κ1) is 12.9. The van der Waals surface area contributed by atoms with Crippen molar-refractivity contribution in [3.05, 3.63) is 35.6 Å². The van der Waals surface area contributed by atoms with Crippen LogP contribution in [-0.2, 0) is 6.42 Å². The van der Waals surface area contributed by atoms with Crippen molar-refractivity contribution in [1.82, 2.24) is 5.32 Å². The molecule has 1 saturated heterocycles. The van der Waals surface area contributed by atoms with E-state index in [0.717, 1.165) is 29.5 Å². The van der Waals surface area contributed by atoms with Gasteiger partial charge in [-0.1, -0.05) is 12.1 Å². The first-order valence-electron chi connectivity index (χ1n) is 6.41. The summed E-state index contributed by atoms with van der Waals surface area (Å²) in [6.45, 7) is 2.32. The van der Waals surface area contributed by atoms with Gasteiger partial charge in [-0.15, -0.1) is 0 Å². The van der Waals surface area contributed by atoms with Gasteiger partial charge in [-0.05, 0) is 62.2 Å². The van der Waals surface area contributed by atoms with Crippen molar-refractivity contribution in [2.45, 2.75) is 30.9 Å². The molecule has 0 amide bonds. The Bertz CT molecular complexity index is 335.